The SMILES string of the molecule is OC1(c2ccccc2)c2ccccc2-c2c(N(c3cccc4c3-c3ccccc3C4(O)c3ccccc3)c3cccc4c3-c3ccccc3C43Oc4ccccc43)cccc21. The van der Waals surface area contributed by atoms with E-state index in [-0.39, 0.29) is 0 Å². The molecule has 0 saturated heterocycles. The average Bonchev–Trinajstić information content (AvgIpc) is 3.89. The fourth-order valence-electron chi connectivity index (χ4n) is 11.2. The third-order valence-electron chi connectivity index (χ3n) is 13.7. The van der Waals surface area contributed by atoms with E-state index in [1.54, 1.807) is 0 Å². The first kappa shape index (κ1) is 34.4. The average molecular weight is 784 g/mol. The van der Waals surface area contributed by atoms with Gasteiger partial charge in [0.15, 0.2) is 5.60 Å². The van der Waals surface area contributed by atoms with Gasteiger partial charge in [0.2, 0.25) is 0 Å². The first-order valence-electron chi connectivity index (χ1n) is 20.9. The van der Waals surface area contributed by atoms with Crippen molar-refractivity contribution in [2.24, 2.45) is 0 Å². The summed E-state index contributed by atoms with van der Waals surface area (Å²) in [4.78, 5) is 2.39. The van der Waals surface area contributed by atoms with E-state index in [2.05, 4.69) is 138 Å². The van der Waals surface area contributed by atoms with Crippen LogP contribution in [0.4, 0.5) is 17.1 Å². The first-order valence-corrected chi connectivity index (χ1v) is 20.9. The first-order chi connectivity index (χ1) is 30.0. The van der Waals surface area contributed by atoms with Crippen LogP contribution in [0.15, 0.2) is 212 Å². The Hall–Kier alpha value is -7.50. The quantitative estimate of drug-likeness (QED) is 0.183. The van der Waals surface area contributed by atoms with Gasteiger partial charge >= 0.3 is 0 Å². The van der Waals surface area contributed by atoms with Gasteiger partial charge in [0.25, 0.3) is 0 Å². The standard InChI is InChI=1S/C57H37NO3/c59-55(36-18-3-1-4-19-36)41-25-10-7-22-38(41)52-45(55)29-15-32-48(52)58(49-33-16-30-46-53(49)39-23-8-11-26-42(39)56(46,60)37-20-5-2-6-21-37)50-34-17-31-47-54(50)40-24-9-12-27-43(40)57(47)44-28-13-14-35-51(44)61-57/h1-35,59-60H. The third kappa shape index (κ3) is 4.25. The normalized spacial score (nSPS) is 20.3. The molecule has 0 bridgehead atoms. The highest BCUT2D eigenvalue weighted by molar-refractivity contribution is 6.05. The number of ether oxygens (including phenoxy) is 1. The summed E-state index contributed by atoms with van der Waals surface area (Å²) >= 11 is 0. The van der Waals surface area contributed by atoms with E-state index >= 15 is 0 Å². The van der Waals surface area contributed by atoms with E-state index in [0.29, 0.717) is 0 Å². The number of para-hydroxylation sites is 1. The molecule has 9 aromatic rings. The van der Waals surface area contributed by atoms with E-state index in [9.17, 15) is 10.2 Å². The Balaban J connectivity index is 1.16. The molecule has 0 amide bonds. The molecule has 1 heterocycles. The number of hydrogen-bond donors (Lipinski definition) is 2. The molecule has 3 unspecified atom stereocenters. The lowest BCUT2D eigenvalue weighted by atomic mass is 9.79. The topological polar surface area (TPSA) is 52.9 Å². The minimum Gasteiger partial charge on any atom is -0.472 e. The van der Waals surface area contributed by atoms with Gasteiger partial charge in [0.1, 0.15) is 17.0 Å². The minimum absolute atomic E-state index is 0.762. The fraction of sp³-hybridized carbons (Fsp3) is 0.0526. The smallest absolute Gasteiger partial charge is 0.189 e. The van der Waals surface area contributed by atoms with Crippen LogP contribution in [0, 0.1) is 0 Å². The zero-order valence-corrected chi connectivity index (χ0v) is 33.0. The van der Waals surface area contributed by atoms with Crippen molar-refractivity contribution in [3.63, 3.8) is 0 Å². The molecule has 3 aliphatic carbocycles. The van der Waals surface area contributed by atoms with Crippen LogP contribution in [0.25, 0.3) is 33.4 Å². The number of rotatable bonds is 5. The largest absolute Gasteiger partial charge is 0.472 e. The molecule has 0 fully saturated rings. The predicted octanol–water partition coefficient (Wildman–Crippen LogP) is 12.4. The van der Waals surface area contributed by atoms with Crippen molar-refractivity contribution in [2.45, 2.75) is 16.8 Å². The molecule has 4 aliphatic rings. The fourth-order valence-corrected chi connectivity index (χ4v) is 11.2. The Labute approximate surface area is 353 Å². The number of hydrogen-bond acceptors (Lipinski definition) is 4. The zero-order valence-electron chi connectivity index (χ0n) is 33.0. The summed E-state index contributed by atoms with van der Waals surface area (Å²) in [7, 11) is 0. The minimum atomic E-state index is -1.40. The van der Waals surface area contributed by atoms with E-state index in [1.165, 1.54) is 0 Å². The van der Waals surface area contributed by atoms with Gasteiger partial charge in [-0.1, -0.05) is 188 Å². The number of fused-ring (bicyclic) bond motifs is 13. The molecule has 61 heavy (non-hydrogen) atoms. The maximum absolute atomic E-state index is 13.2. The van der Waals surface area contributed by atoms with Crippen molar-refractivity contribution in [1.29, 1.82) is 0 Å². The van der Waals surface area contributed by atoms with Crippen LogP contribution in [0.1, 0.15) is 50.1 Å². The Morgan fingerprint density at radius 1 is 0.311 bits per heavy atom. The molecule has 2 N–H and O–H groups in total. The monoisotopic (exact) mass is 783 g/mol. The second-order valence-corrected chi connectivity index (χ2v) is 16.5. The molecule has 3 atom stereocenters. The number of anilines is 3. The van der Waals surface area contributed by atoms with Crippen molar-refractivity contribution in [3.05, 3.63) is 262 Å². The maximum atomic E-state index is 13.2. The van der Waals surface area contributed by atoms with Crippen molar-refractivity contribution in [1.82, 2.24) is 0 Å². The Kier molecular flexibility index (Phi) is 6.92. The van der Waals surface area contributed by atoms with Gasteiger partial charge < -0.3 is 19.8 Å². The predicted molar refractivity (Wildman–Crippen MR) is 241 cm³/mol. The van der Waals surface area contributed by atoms with Gasteiger partial charge in [-0.05, 0) is 52.1 Å². The second kappa shape index (κ2) is 12.3. The van der Waals surface area contributed by atoms with Gasteiger partial charge in [0.05, 0.1) is 17.1 Å². The lowest BCUT2D eigenvalue weighted by molar-refractivity contribution is 0.101. The molecule has 1 aliphatic heterocycles. The lowest BCUT2D eigenvalue weighted by Crippen LogP contribution is -2.42. The third-order valence-corrected chi connectivity index (χ3v) is 13.7. The molecule has 1 spiro atoms. The highest BCUT2D eigenvalue weighted by atomic mass is 16.5. The van der Waals surface area contributed by atoms with E-state index in [0.717, 1.165) is 106 Å². The van der Waals surface area contributed by atoms with Crippen LogP contribution in [0.5, 0.6) is 5.75 Å². The van der Waals surface area contributed by atoms with E-state index < -0.39 is 16.8 Å². The second-order valence-electron chi connectivity index (χ2n) is 16.5. The zero-order chi connectivity index (χ0) is 40.5. The molecule has 288 valence electrons. The summed E-state index contributed by atoms with van der Waals surface area (Å²) in [6, 6.07) is 72.7. The Bertz CT molecular complexity index is 3010. The molecule has 4 nitrogen and oxygen atoms in total. The molecule has 4 heteroatoms. The lowest BCUT2D eigenvalue weighted by Gasteiger charge is -2.43. The van der Waals surface area contributed by atoms with E-state index in [4.69, 9.17) is 4.74 Å². The Morgan fingerprint density at radius 3 is 1.16 bits per heavy atom. The van der Waals surface area contributed by atoms with E-state index in [1.807, 2.05) is 78.9 Å². The van der Waals surface area contributed by atoms with Crippen molar-refractivity contribution >= 4 is 17.1 Å². The molecule has 9 aromatic carbocycles. The number of nitrogens with zero attached hydrogens (tertiary/aromatic N) is 1. The van der Waals surface area contributed by atoms with Crippen LogP contribution in [0.3, 0.4) is 0 Å². The molecule has 0 saturated carbocycles. The van der Waals surface area contributed by atoms with Gasteiger partial charge in [-0.3, -0.25) is 0 Å². The van der Waals surface area contributed by atoms with Crippen LogP contribution < -0.4 is 9.64 Å². The van der Waals surface area contributed by atoms with Crippen LogP contribution in [-0.2, 0) is 16.8 Å². The summed E-state index contributed by atoms with van der Waals surface area (Å²) in [6.45, 7) is 0. The van der Waals surface area contributed by atoms with Gasteiger partial charge in [-0.25, -0.2) is 0 Å². The summed E-state index contributed by atoms with van der Waals surface area (Å²) in [5.74, 6) is 0.891. The molecule has 13 rings (SSSR count). The summed E-state index contributed by atoms with van der Waals surface area (Å²) in [5.41, 5.74) is 13.6. The molecular formula is C57H37NO3. The van der Waals surface area contributed by atoms with Crippen LogP contribution in [0.2, 0.25) is 0 Å². The molecular weight excluding hydrogens is 747 g/mol. The van der Waals surface area contributed by atoms with Crippen LogP contribution in [-0.4, -0.2) is 10.2 Å². The van der Waals surface area contributed by atoms with Gasteiger partial charge in [-0.2, -0.15) is 0 Å². The number of aliphatic hydroxyl groups is 2. The molecule has 0 aromatic heterocycles. The van der Waals surface area contributed by atoms with Gasteiger partial charge in [-0.15, -0.1) is 0 Å². The Morgan fingerprint density at radius 2 is 0.672 bits per heavy atom. The summed E-state index contributed by atoms with van der Waals surface area (Å²) in [6.07, 6.45) is 0. The highest BCUT2D eigenvalue weighted by Gasteiger charge is 2.56. The van der Waals surface area contributed by atoms with Crippen molar-refractivity contribution in [2.75, 3.05) is 4.90 Å². The number of benzene rings is 9. The summed E-state index contributed by atoms with van der Waals surface area (Å²) in [5, 5.41) is 26.4. The van der Waals surface area contributed by atoms with Crippen molar-refractivity contribution < 1.29 is 14.9 Å². The van der Waals surface area contributed by atoms with Gasteiger partial charge in [0, 0.05) is 55.6 Å². The van der Waals surface area contributed by atoms with Crippen LogP contribution >= 0.6 is 0 Å². The maximum Gasteiger partial charge on any atom is 0.189 e. The van der Waals surface area contributed by atoms with Crippen molar-refractivity contribution in [3.8, 4) is 39.1 Å². The highest BCUT2D eigenvalue weighted by Crippen LogP contribution is 2.65. The molecule has 0 radical (unpaired) electrons. The summed E-state index contributed by atoms with van der Waals surface area (Å²) < 4.78 is 6.94.